The Morgan fingerprint density at radius 1 is 1.22 bits per heavy atom. The molecule has 1 saturated heterocycles. The number of piperazine rings is 1. The summed E-state index contributed by atoms with van der Waals surface area (Å²) in [5.41, 5.74) is 0.183. The molecule has 0 unspecified atom stereocenters. The number of hydrogen-bond acceptors (Lipinski definition) is 4. The maximum absolute atomic E-state index is 11.8. The van der Waals surface area contributed by atoms with Crippen molar-refractivity contribution in [1.29, 1.82) is 0 Å². The fraction of sp³-hybridized carbons (Fsp3) is 0.583. The monoisotopic (exact) mass is 254 g/mol. The van der Waals surface area contributed by atoms with E-state index in [1.54, 1.807) is 6.92 Å². The molecule has 6 nitrogen and oxygen atoms in total. The summed E-state index contributed by atoms with van der Waals surface area (Å²) in [6, 6.07) is 0. The molecule has 1 rings (SSSR count). The molecule has 0 aromatic carbocycles. The van der Waals surface area contributed by atoms with Gasteiger partial charge in [-0.15, -0.1) is 0 Å². The van der Waals surface area contributed by atoms with Crippen molar-refractivity contribution in [1.82, 2.24) is 9.80 Å². The first-order valence-electron chi connectivity index (χ1n) is 5.90. The number of esters is 1. The molecule has 0 bridgehead atoms. The minimum Gasteiger partial charge on any atom is -0.463 e. The second kappa shape index (κ2) is 6.18. The number of amides is 2. The first-order chi connectivity index (χ1) is 8.49. The Kier molecular flexibility index (Phi) is 4.88. The van der Waals surface area contributed by atoms with Crippen LogP contribution in [0.4, 0.5) is 0 Å². The number of ether oxygens (including phenoxy) is 1. The summed E-state index contributed by atoms with van der Waals surface area (Å²) in [4.78, 5) is 37.6. The highest BCUT2D eigenvalue weighted by Gasteiger charge is 2.29. The molecule has 2 amide bonds. The van der Waals surface area contributed by atoms with Gasteiger partial charge in [0, 0.05) is 12.1 Å². The molecule has 100 valence electrons. The van der Waals surface area contributed by atoms with Crippen molar-refractivity contribution in [2.45, 2.75) is 13.8 Å². The Morgan fingerprint density at radius 2 is 1.78 bits per heavy atom. The van der Waals surface area contributed by atoms with E-state index in [1.807, 2.05) is 6.92 Å². The van der Waals surface area contributed by atoms with Crippen LogP contribution >= 0.6 is 0 Å². The summed E-state index contributed by atoms with van der Waals surface area (Å²) in [7, 11) is 0. The fourth-order valence-corrected chi connectivity index (χ4v) is 1.66. The molecule has 1 heterocycles. The van der Waals surface area contributed by atoms with Crippen LogP contribution < -0.4 is 0 Å². The average molecular weight is 254 g/mol. The molecule has 0 radical (unpaired) electrons. The van der Waals surface area contributed by atoms with Crippen LogP contribution in [0.1, 0.15) is 13.8 Å². The van der Waals surface area contributed by atoms with Crippen LogP contribution in [0.5, 0.6) is 0 Å². The largest absolute Gasteiger partial charge is 0.463 e. The van der Waals surface area contributed by atoms with E-state index in [-0.39, 0.29) is 43.6 Å². The van der Waals surface area contributed by atoms with Gasteiger partial charge in [0.05, 0.1) is 19.7 Å². The first kappa shape index (κ1) is 14.2. The van der Waals surface area contributed by atoms with Gasteiger partial charge in [0.2, 0.25) is 11.8 Å². The zero-order valence-electron chi connectivity index (χ0n) is 10.8. The van der Waals surface area contributed by atoms with Gasteiger partial charge in [-0.1, -0.05) is 6.58 Å². The van der Waals surface area contributed by atoms with Crippen molar-refractivity contribution < 1.29 is 19.1 Å². The lowest BCUT2D eigenvalue weighted by Crippen LogP contribution is -2.54. The van der Waals surface area contributed by atoms with E-state index in [2.05, 4.69) is 6.58 Å². The molecule has 6 heteroatoms. The van der Waals surface area contributed by atoms with E-state index in [0.717, 1.165) is 0 Å². The molecule has 1 aliphatic heterocycles. The third kappa shape index (κ3) is 3.32. The lowest BCUT2D eigenvalue weighted by Gasteiger charge is -2.33. The average Bonchev–Trinajstić information content (AvgIpc) is 2.33. The zero-order chi connectivity index (χ0) is 13.7. The van der Waals surface area contributed by atoms with Crippen molar-refractivity contribution in [2.75, 3.05) is 32.8 Å². The number of likely N-dealkylation sites (N-methyl/N-ethyl adjacent to an activating group) is 1. The molecule has 0 aromatic rings. The fourth-order valence-electron chi connectivity index (χ4n) is 1.66. The quantitative estimate of drug-likeness (QED) is 0.503. The third-order valence-corrected chi connectivity index (χ3v) is 2.69. The van der Waals surface area contributed by atoms with Gasteiger partial charge in [0.15, 0.2) is 0 Å². The Morgan fingerprint density at radius 3 is 2.33 bits per heavy atom. The summed E-state index contributed by atoms with van der Waals surface area (Å²) in [5, 5.41) is 0. The van der Waals surface area contributed by atoms with Crippen LogP contribution in [0.25, 0.3) is 0 Å². The van der Waals surface area contributed by atoms with Gasteiger partial charge in [0.1, 0.15) is 6.54 Å². The first-order valence-corrected chi connectivity index (χ1v) is 5.90. The third-order valence-electron chi connectivity index (χ3n) is 2.69. The van der Waals surface area contributed by atoms with Crippen molar-refractivity contribution >= 4 is 17.8 Å². The predicted molar refractivity (Wildman–Crippen MR) is 64.6 cm³/mol. The SMILES string of the molecule is C=C(CN1CC(=O)N(CC)CC1=O)C(=O)OCC. The van der Waals surface area contributed by atoms with Gasteiger partial charge in [0.25, 0.3) is 0 Å². The second-order valence-electron chi connectivity index (χ2n) is 3.98. The van der Waals surface area contributed by atoms with Crippen molar-refractivity contribution in [3.63, 3.8) is 0 Å². The normalized spacial score (nSPS) is 15.9. The number of hydrogen-bond donors (Lipinski definition) is 0. The van der Waals surface area contributed by atoms with Crippen molar-refractivity contribution in [3.05, 3.63) is 12.2 Å². The predicted octanol–water partition coefficient (Wildman–Crippen LogP) is -0.204. The van der Waals surface area contributed by atoms with Crippen LogP contribution in [0.15, 0.2) is 12.2 Å². The van der Waals surface area contributed by atoms with Crippen molar-refractivity contribution in [2.24, 2.45) is 0 Å². The van der Waals surface area contributed by atoms with E-state index >= 15 is 0 Å². The standard InChI is InChI=1S/C12H18N2O4/c1-4-13-7-11(16)14(8-10(13)15)6-9(3)12(17)18-5-2/h3-8H2,1-2H3. The topological polar surface area (TPSA) is 66.9 Å². The lowest BCUT2D eigenvalue weighted by molar-refractivity contribution is -0.150. The molecule has 0 saturated carbocycles. The molecule has 18 heavy (non-hydrogen) atoms. The maximum Gasteiger partial charge on any atom is 0.335 e. The Labute approximate surface area is 106 Å². The van der Waals surface area contributed by atoms with E-state index in [9.17, 15) is 14.4 Å². The van der Waals surface area contributed by atoms with E-state index < -0.39 is 5.97 Å². The minimum atomic E-state index is -0.532. The van der Waals surface area contributed by atoms with Gasteiger partial charge in [-0.2, -0.15) is 0 Å². The summed E-state index contributed by atoms with van der Waals surface area (Å²) < 4.78 is 4.78. The lowest BCUT2D eigenvalue weighted by atomic mass is 10.2. The van der Waals surface area contributed by atoms with Gasteiger partial charge < -0.3 is 14.5 Å². The van der Waals surface area contributed by atoms with Crippen LogP contribution in [0.2, 0.25) is 0 Å². The molecule has 0 spiro atoms. The van der Waals surface area contributed by atoms with Crippen LogP contribution in [0.3, 0.4) is 0 Å². The molecule has 0 aliphatic carbocycles. The Hall–Kier alpha value is -1.85. The van der Waals surface area contributed by atoms with Crippen LogP contribution in [-0.2, 0) is 19.1 Å². The van der Waals surface area contributed by atoms with Crippen LogP contribution in [0, 0.1) is 0 Å². The van der Waals surface area contributed by atoms with Gasteiger partial charge in [-0.05, 0) is 13.8 Å². The molecule has 1 aliphatic rings. The number of nitrogens with zero attached hydrogens (tertiary/aromatic N) is 2. The van der Waals surface area contributed by atoms with E-state index in [4.69, 9.17) is 4.74 Å². The zero-order valence-corrected chi connectivity index (χ0v) is 10.8. The van der Waals surface area contributed by atoms with E-state index in [1.165, 1.54) is 9.80 Å². The summed E-state index contributed by atoms with van der Waals surface area (Å²) >= 11 is 0. The van der Waals surface area contributed by atoms with Crippen LogP contribution in [-0.4, -0.2) is 60.4 Å². The summed E-state index contributed by atoms with van der Waals surface area (Å²) in [5.74, 6) is -0.827. The molecule has 0 N–H and O–H groups in total. The van der Waals surface area contributed by atoms with Crippen molar-refractivity contribution in [3.8, 4) is 0 Å². The smallest absolute Gasteiger partial charge is 0.335 e. The van der Waals surface area contributed by atoms with Gasteiger partial charge in [-0.3, -0.25) is 9.59 Å². The molecule has 0 aromatic heterocycles. The molecular weight excluding hydrogens is 236 g/mol. The van der Waals surface area contributed by atoms with Gasteiger partial charge >= 0.3 is 5.97 Å². The number of rotatable bonds is 5. The summed E-state index contributed by atoms with van der Waals surface area (Å²) in [6.07, 6.45) is 0. The maximum atomic E-state index is 11.8. The van der Waals surface area contributed by atoms with E-state index in [0.29, 0.717) is 6.54 Å². The number of carbonyl (C=O) groups is 3. The molecule has 0 atom stereocenters. The highest BCUT2D eigenvalue weighted by Crippen LogP contribution is 2.08. The highest BCUT2D eigenvalue weighted by molar-refractivity contribution is 5.94. The second-order valence-corrected chi connectivity index (χ2v) is 3.98. The minimum absolute atomic E-state index is 0.00883. The summed E-state index contributed by atoms with van der Waals surface area (Å²) in [6.45, 7) is 7.95. The number of carbonyl (C=O) groups excluding carboxylic acids is 3. The Bertz CT molecular complexity index is 378. The molecular formula is C12H18N2O4. The van der Waals surface area contributed by atoms with Gasteiger partial charge in [-0.25, -0.2) is 4.79 Å². The Balaban J connectivity index is 2.58. The highest BCUT2D eigenvalue weighted by atomic mass is 16.5. The molecule has 1 fully saturated rings.